The van der Waals surface area contributed by atoms with Gasteiger partial charge in [0.05, 0.1) is 23.8 Å². The summed E-state index contributed by atoms with van der Waals surface area (Å²) >= 11 is 3.37. The molecule has 0 saturated heterocycles. The first-order valence-electron chi connectivity index (χ1n) is 10.6. The van der Waals surface area contributed by atoms with E-state index in [1.807, 2.05) is 13.8 Å². The van der Waals surface area contributed by atoms with Gasteiger partial charge in [-0.15, -0.1) is 0 Å². The van der Waals surface area contributed by atoms with Crippen molar-refractivity contribution in [3.63, 3.8) is 0 Å². The number of Topliss-reactive ketones (excluding diaryl/α,β-unsaturated/α-hetero) is 1. The molecule has 0 saturated carbocycles. The van der Waals surface area contributed by atoms with Crippen LogP contribution in [0.2, 0.25) is 0 Å². The second-order valence-electron chi connectivity index (χ2n) is 8.97. The lowest BCUT2D eigenvalue weighted by Crippen LogP contribution is -2.38. The molecule has 0 fully saturated rings. The SMILES string of the molecule is CCCCOC(=O)C1=C(C)NC2=C(C(=O)CC(C)(C)C2)[C@H]1c1cc(Br)c(O)c(OC)c1. The van der Waals surface area contributed by atoms with Gasteiger partial charge in [-0.05, 0) is 58.8 Å². The van der Waals surface area contributed by atoms with Crippen molar-refractivity contribution < 1.29 is 24.2 Å². The first-order chi connectivity index (χ1) is 14.6. The van der Waals surface area contributed by atoms with Crippen LogP contribution < -0.4 is 10.1 Å². The summed E-state index contributed by atoms with van der Waals surface area (Å²) in [6.45, 7) is 8.33. The molecule has 0 radical (unpaired) electrons. The van der Waals surface area contributed by atoms with E-state index in [4.69, 9.17) is 9.47 Å². The number of hydrogen-bond acceptors (Lipinski definition) is 6. The van der Waals surface area contributed by atoms with Crippen molar-refractivity contribution in [3.05, 3.63) is 44.7 Å². The van der Waals surface area contributed by atoms with Crippen molar-refractivity contribution in [3.8, 4) is 11.5 Å². The third-order valence-electron chi connectivity index (χ3n) is 5.79. The average molecular weight is 492 g/mol. The fourth-order valence-electron chi connectivity index (χ4n) is 4.34. The zero-order valence-electron chi connectivity index (χ0n) is 18.7. The maximum Gasteiger partial charge on any atom is 0.336 e. The highest BCUT2D eigenvalue weighted by Crippen LogP contribution is 2.48. The van der Waals surface area contributed by atoms with Crippen LogP contribution in [0, 0.1) is 5.41 Å². The lowest BCUT2D eigenvalue weighted by atomic mass is 9.68. The number of rotatable bonds is 6. The quantitative estimate of drug-likeness (QED) is 0.424. The fourth-order valence-corrected chi connectivity index (χ4v) is 4.80. The van der Waals surface area contributed by atoms with E-state index in [2.05, 4.69) is 35.1 Å². The number of dihydropyridines is 1. The van der Waals surface area contributed by atoms with Crippen LogP contribution >= 0.6 is 15.9 Å². The molecule has 6 nitrogen and oxygen atoms in total. The van der Waals surface area contributed by atoms with Crippen LogP contribution in [-0.4, -0.2) is 30.6 Å². The van der Waals surface area contributed by atoms with Gasteiger partial charge < -0.3 is 19.9 Å². The Morgan fingerprint density at radius 3 is 2.68 bits per heavy atom. The Balaban J connectivity index is 2.17. The molecule has 0 unspecified atom stereocenters. The molecule has 7 heteroatoms. The van der Waals surface area contributed by atoms with E-state index in [9.17, 15) is 14.7 Å². The molecule has 0 spiro atoms. The van der Waals surface area contributed by atoms with E-state index < -0.39 is 11.9 Å². The third-order valence-corrected chi connectivity index (χ3v) is 6.40. The van der Waals surface area contributed by atoms with Gasteiger partial charge in [-0.3, -0.25) is 4.79 Å². The van der Waals surface area contributed by atoms with Gasteiger partial charge in [0, 0.05) is 29.3 Å². The Labute approximate surface area is 191 Å². The molecular weight excluding hydrogens is 462 g/mol. The molecule has 31 heavy (non-hydrogen) atoms. The maximum absolute atomic E-state index is 13.3. The zero-order chi connectivity index (χ0) is 22.9. The number of allylic oxidation sites excluding steroid dienone is 3. The monoisotopic (exact) mass is 491 g/mol. The fraction of sp³-hybridized carbons (Fsp3) is 0.500. The van der Waals surface area contributed by atoms with Crippen LogP contribution in [0.25, 0.3) is 0 Å². The van der Waals surface area contributed by atoms with Crippen LogP contribution in [0.15, 0.2) is 39.1 Å². The number of ether oxygens (including phenoxy) is 2. The minimum atomic E-state index is -0.597. The van der Waals surface area contributed by atoms with E-state index in [1.165, 1.54) is 7.11 Å². The highest BCUT2D eigenvalue weighted by atomic mass is 79.9. The average Bonchev–Trinajstić information content (AvgIpc) is 2.68. The first kappa shape index (κ1) is 23.4. The smallest absolute Gasteiger partial charge is 0.336 e. The second-order valence-corrected chi connectivity index (χ2v) is 9.83. The Kier molecular flexibility index (Phi) is 6.84. The van der Waals surface area contributed by atoms with Crippen LogP contribution in [-0.2, 0) is 14.3 Å². The van der Waals surface area contributed by atoms with Crippen molar-refractivity contribution in [2.24, 2.45) is 5.41 Å². The van der Waals surface area contributed by atoms with Gasteiger partial charge >= 0.3 is 5.97 Å². The topological polar surface area (TPSA) is 84.9 Å². The number of carbonyl (C=O) groups excluding carboxylic acids is 2. The normalized spacial score (nSPS) is 20.3. The molecule has 0 bridgehead atoms. The van der Waals surface area contributed by atoms with Gasteiger partial charge in [-0.2, -0.15) is 0 Å². The van der Waals surface area contributed by atoms with E-state index in [0.29, 0.717) is 46.3 Å². The second kappa shape index (κ2) is 9.07. The first-order valence-corrected chi connectivity index (χ1v) is 11.4. The van der Waals surface area contributed by atoms with Gasteiger partial charge in [0.2, 0.25) is 0 Å². The molecule has 0 amide bonds. The van der Waals surface area contributed by atoms with Crippen molar-refractivity contribution in [1.82, 2.24) is 5.32 Å². The lowest BCUT2D eigenvalue weighted by Gasteiger charge is -2.39. The minimum Gasteiger partial charge on any atom is -0.503 e. The molecule has 1 heterocycles. The molecule has 0 aromatic heterocycles. The van der Waals surface area contributed by atoms with Crippen LogP contribution in [0.3, 0.4) is 0 Å². The summed E-state index contributed by atoms with van der Waals surface area (Å²) in [5.74, 6) is -0.780. The lowest BCUT2D eigenvalue weighted by molar-refractivity contribution is -0.139. The molecule has 1 atom stereocenters. The summed E-state index contributed by atoms with van der Waals surface area (Å²) in [5, 5.41) is 13.6. The highest BCUT2D eigenvalue weighted by Gasteiger charge is 2.43. The zero-order valence-corrected chi connectivity index (χ0v) is 20.3. The number of esters is 1. The summed E-state index contributed by atoms with van der Waals surface area (Å²) in [6, 6.07) is 3.42. The molecule has 1 aromatic carbocycles. The standard InChI is InChI=1S/C24H30BrNO5/c1-6-7-8-31-23(29)19-13(2)26-16-11-24(3,4)12-17(27)21(16)20(19)14-9-15(25)22(28)18(10-14)30-5/h9-10,20,26,28H,6-8,11-12H2,1-5H3/t20-/m0/s1. The number of benzene rings is 1. The number of aromatic hydroxyl groups is 1. The number of carbonyl (C=O) groups is 2. The minimum absolute atomic E-state index is 0.0123. The van der Waals surface area contributed by atoms with Gasteiger partial charge in [0.1, 0.15) is 0 Å². The van der Waals surface area contributed by atoms with E-state index in [-0.39, 0.29) is 22.7 Å². The van der Waals surface area contributed by atoms with E-state index in [1.54, 1.807) is 12.1 Å². The summed E-state index contributed by atoms with van der Waals surface area (Å²) in [6.07, 6.45) is 2.79. The Hall–Kier alpha value is -2.28. The summed E-state index contributed by atoms with van der Waals surface area (Å²) in [7, 11) is 1.47. The molecule has 1 aliphatic heterocycles. The Bertz CT molecular complexity index is 976. The molecule has 168 valence electrons. The van der Waals surface area contributed by atoms with Crippen LogP contribution in [0.5, 0.6) is 11.5 Å². The molecule has 1 aliphatic carbocycles. The summed E-state index contributed by atoms with van der Waals surface area (Å²) in [4.78, 5) is 26.4. The predicted octanol–water partition coefficient (Wildman–Crippen LogP) is 5.11. The number of unbranched alkanes of at least 4 members (excludes halogenated alkanes) is 1. The van der Waals surface area contributed by atoms with Crippen molar-refractivity contribution >= 4 is 27.7 Å². The summed E-state index contributed by atoms with van der Waals surface area (Å²) < 4.78 is 11.3. The number of phenols is 1. The summed E-state index contributed by atoms with van der Waals surface area (Å²) in [5.41, 5.74) is 3.05. The number of nitrogens with one attached hydrogen (secondary N) is 1. The van der Waals surface area contributed by atoms with Gasteiger partial charge in [0.25, 0.3) is 0 Å². The van der Waals surface area contributed by atoms with Crippen LogP contribution in [0.4, 0.5) is 0 Å². The van der Waals surface area contributed by atoms with Crippen molar-refractivity contribution in [1.29, 1.82) is 0 Å². The highest BCUT2D eigenvalue weighted by molar-refractivity contribution is 9.10. The number of phenolic OH excluding ortho intramolecular Hbond substituents is 1. The van der Waals surface area contributed by atoms with Gasteiger partial charge in [0.15, 0.2) is 17.3 Å². The van der Waals surface area contributed by atoms with E-state index >= 15 is 0 Å². The number of hydrogen-bond donors (Lipinski definition) is 2. The molecule has 1 aromatic rings. The Morgan fingerprint density at radius 2 is 2.03 bits per heavy atom. The molecule has 2 aliphatic rings. The number of ketones is 1. The third kappa shape index (κ3) is 4.66. The van der Waals surface area contributed by atoms with E-state index in [0.717, 1.165) is 18.5 Å². The van der Waals surface area contributed by atoms with Gasteiger partial charge in [-0.1, -0.05) is 27.2 Å². The number of halogens is 1. The predicted molar refractivity (Wildman–Crippen MR) is 122 cm³/mol. The van der Waals surface area contributed by atoms with Crippen molar-refractivity contribution in [2.45, 2.75) is 59.3 Å². The van der Waals surface area contributed by atoms with Crippen LogP contribution in [0.1, 0.15) is 64.9 Å². The molecule has 2 N–H and O–H groups in total. The largest absolute Gasteiger partial charge is 0.503 e. The van der Waals surface area contributed by atoms with Gasteiger partial charge in [-0.25, -0.2) is 4.79 Å². The molecule has 3 rings (SSSR count). The Morgan fingerprint density at radius 1 is 1.32 bits per heavy atom. The maximum atomic E-state index is 13.3. The number of methoxy groups -OCH3 is 1. The molecular formula is C24H30BrNO5. The van der Waals surface area contributed by atoms with Crippen molar-refractivity contribution in [2.75, 3.05) is 13.7 Å².